The zero-order valence-electron chi connectivity index (χ0n) is 13.3. The molecule has 0 atom stereocenters. The average Bonchev–Trinajstić information content (AvgIpc) is 3.05. The molecular weight excluding hydrogens is 310 g/mol. The second-order valence-electron chi connectivity index (χ2n) is 6.12. The van der Waals surface area contributed by atoms with Crippen molar-refractivity contribution < 1.29 is 4.79 Å². The molecular formula is C16H21N5OS. The number of hydrogen-bond donors (Lipinski definition) is 1. The average molecular weight is 331 g/mol. The predicted octanol–water partition coefficient (Wildman–Crippen LogP) is 1.12. The van der Waals surface area contributed by atoms with Crippen LogP contribution in [0.3, 0.4) is 0 Å². The Kier molecular flexibility index (Phi) is 4.74. The number of carbonyl (C=O) groups is 1. The molecule has 1 aromatic heterocycles. The number of amides is 1. The van der Waals surface area contributed by atoms with Gasteiger partial charge in [-0.05, 0) is 31.9 Å². The minimum absolute atomic E-state index is 0.153. The minimum atomic E-state index is -0.388. The molecule has 0 aromatic carbocycles. The number of nitrogens with two attached hydrogens (primary N) is 1. The van der Waals surface area contributed by atoms with Gasteiger partial charge in [0, 0.05) is 31.7 Å². The molecule has 122 valence electrons. The number of nitriles is 1. The van der Waals surface area contributed by atoms with E-state index in [1.807, 2.05) is 0 Å². The van der Waals surface area contributed by atoms with Crippen molar-refractivity contribution in [2.24, 2.45) is 5.73 Å². The topological polar surface area (TPSA) is 86.2 Å². The second kappa shape index (κ2) is 6.77. The van der Waals surface area contributed by atoms with E-state index in [-0.39, 0.29) is 11.7 Å². The number of fused-ring (bicyclic) bond motifs is 1. The Morgan fingerprint density at radius 3 is 2.74 bits per heavy atom. The zero-order chi connectivity index (χ0) is 16.4. The van der Waals surface area contributed by atoms with E-state index in [2.05, 4.69) is 22.9 Å². The van der Waals surface area contributed by atoms with Crippen LogP contribution in [-0.2, 0) is 17.8 Å². The third-order valence-corrected chi connectivity index (χ3v) is 5.40. The third-order valence-electron chi connectivity index (χ3n) is 4.40. The van der Waals surface area contributed by atoms with Crippen molar-refractivity contribution in [2.75, 3.05) is 37.3 Å². The number of likely N-dealkylation sites (N-methyl/N-ethyl adjacent to an activating group) is 1. The van der Waals surface area contributed by atoms with E-state index in [0.29, 0.717) is 10.6 Å². The monoisotopic (exact) mass is 331 g/mol. The number of nitrogens with zero attached hydrogens (tertiary/aromatic N) is 4. The predicted molar refractivity (Wildman–Crippen MR) is 90.4 cm³/mol. The lowest BCUT2D eigenvalue weighted by Crippen LogP contribution is -2.31. The van der Waals surface area contributed by atoms with Gasteiger partial charge in [0.2, 0.25) is 5.91 Å². The Labute approximate surface area is 140 Å². The Morgan fingerprint density at radius 2 is 2.09 bits per heavy atom. The van der Waals surface area contributed by atoms with E-state index >= 15 is 0 Å². The first kappa shape index (κ1) is 16.1. The van der Waals surface area contributed by atoms with Crippen molar-refractivity contribution >= 4 is 23.5 Å². The molecule has 1 aromatic rings. The van der Waals surface area contributed by atoms with Crippen molar-refractivity contribution in [1.82, 2.24) is 9.88 Å². The summed E-state index contributed by atoms with van der Waals surface area (Å²) in [6.07, 6.45) is 3.20. The summed E-state index contributed by atoms with van der Waals surface area (Å²) in [4.78, 5) is 20.5. The quantitative estimate of drug-likeness (QED) is 0.832. The van der Waals surface area contributed by atoms with Gasteiger partial charge >= 0.3 is 0 Å². The summed E-state index contributed by atoms with van der Waals surface area (Å²) in [5.41, 5.74) is 8.17. The van der Waals surface area contributed by atoms with Crippen molar-refractivity contribution in [2.45, 2.75) is 30.8 Å². The van der Waals surface area contributed by atoms with Gasteiger partial charge in [-0.2, -0.15) is 5.26 Å². The Hall–Kier alpha value is -1.78. The molecule has 0 bridgehead atoms. The van der Waals surface area contributed by atoms with E-state index in [4.69, 9.17) is 10.7 Å². The van der Waals surface area contributed by atoms with Gasteiger partial charge in [0.15, 0.2) is 0 Å². The molecule has 6 nitrogen and oxygen atoms in total. The number of aromatic nitrogens is 1. The molecule has 0 spiro atoms. The summed E-state index contributed by atoms with van der Waals surface area (Å²) in [6, 6.07) is 2.31. The summed E-state index contributed by atoms with van der Waals surface area (Å²) < 4.78 is 0. The summed E-state index contributed by atoms with van der Waals surface area (Å²) in [5, 5.41) is 10.3. The van der Waals surface area contributed by atoms with E-state index in [0.717, 1.165) is 44.0 Å². The Bertz CT molecular complexity index is 663. The fraction of sp³-hybridized carbons (Fsp3) is 0.562. The van der Waals surface area contributed by atoms with Crippen LogP contribution < -0.4 is 10.6 Å². The molecule has 0 saturated carbocycles. The molecule has 1 saturated heterocycles. The molecule has 3 heterocycles. The van der Waals surface area contributed by atoms with Crippen LogP contribution in [0, 0.1) is 11.3 Å². The van der Waals surface area contributed by atoms with Crippen LogP contribution in [0.5, 0.6) is 0 Å². The number of anilines is 1. The normalized spacial score (nSPS) is 17.8. The second-order valence-corrected chi connectivity index (χ2v) is 7.09. The lowest BCUT2D eigenvalue weighted by molar-refractivity contribution is -0.115. The van der Waals surface area contributed by atoms with Gasteiger partial charge in [0.25, 0.3) is 0 Å². The van der Waals surface area contributed by atoms with Crippen molar-refractivity contribution in [3.05, 3.63) is 16.7 Å². The van der Waals surface area contributed by atoms with E-state index < -0.39 is 0 Å². The van der Waals surface area contributed by atoms with Gasteiger partial charge < -0.3 is 15.5 Å². The first-order valence-corrected chi connectivity index (χ1v) is 8.89. The summed E-state index contributed by atoms with van der Waals surface area (Å²) in [5.74, 6) is 0.760. The van der Waals surface area contributed by atoms with Crippen LogP contribution in [0.25, 0.3) is 0 Å². The molecule has 23 heavy (non-hydrogen) atoms. The molecule has 3 rings (SSSR count). The van der Waals surface area contributed by atoms with Crippen LogP contribution in [0.2, 0.25) is 0 Å². The first-order chi connectivity index (χ1) is 11.1. The Morgan fingerprint density at radius 1 is 1.35 bits per heavy atom. The maximum Gasteiger partial charge on any atom is 0.227 e. The molecule has 2 N–H and O–H groups in total. The van der Waals surface area contributed by atoms with Crippen molar-refractivity contribution in [3.63, 3.8) is 0 Å². The highest BCUT2D eigenvalue weighted by Gasteiger charge is 2.28. The summed E-state index contributed by atoms with van der Waals surface area (Å²) in [6.45, 7) is 3.78. The van der Waals surface area contributed by atoms with Gasteiger partial charge in [0.05, 0.1) is 11.3 Å². The van der Waals surface area contributed by atoms with E-state index in [1.165, 1.54) is 30.2 Å². The molecule has 0 aliphatic carbocycles. The highest BCUT2D eigenvalue weighted by atomic mass is 32.2. The molecule has 2 aliphatic heterocycles. The molecule has 1 amide bonds. The van der Waals surface area contributed by atoms with Crippen molar-refractivity contribution in [3.8, 4) is 6.07 Å². The van der Waals surface area contributed by atoms with Crippen LogP contribution in [0.4, 0.5) is 5.82 Å². The van der Waals surface area contributed by atoms with Gasteiger partial charge in [-0.25, -0.2) is 4.98 Å². The highest BCUT2D eigenvalue weighted by Crippen LogP contribution is 2.35. The van der Waals surface area contributed by atoms with Crippen LogP contribution >= 0.6 is 11.8 Å². The minimum Gasteiger partial charge on any atom is -0.369 e. The lowest BCUT2D eigenvalue weighted by atomic mass is 9.96. The van der Waals surface area contributed by atoms with Crippen LogP contribution in [0.15, 0.2) is 5.03 Å². The standard InChI is InChI=1S/C16H21N5OS/c1-20-7-4-11-12(8-17)16(23-10-14(18)22)19-15(13(11)9-20)21-5-2-3-6-21/h2-7,9-10H2,1H3,(H2,18,22). The molecule has 7 heteroatoms. The molecule has 0 unspecified atom stereocenters. The first-order valence-electron chi connectivity index (χ1n) is 7.90. The number of rotatable bonds is 4. The smallest absolute Gasteiger partial charge is 0.227 e. The number of thioether (sulfide) groups is 1. The van der Waals surface area contributed by atoms with E-state index in [1.54, 1.807) is 0 Å². The number of carbonyl (C=O) groups excluding carboxylic acids is 1. The van der Waals surface area contributed by atoms with E-state index in [9.17, 15) is 10.1 Å². The zero-order valence-corrected chi connectivity index (χ0v) is 14.2. The van der Waals surface area contributed by atoms with Crippen LogP contribution in [0.1, 0.15) is 29.5 Å². The van der Waals surface area contributed by atoms with Gasteiger partial charge in [-0.15, -0.1) is 0 Å². The Balaban J connectivity index is 2.08. The summed E-state index contributed by atoms with van der Waals surface area (Å²) in [7, 11) is 2.10. The maximum absolute atomic E-state index is 11.1. The van der Waals surface area contributed by atoms with Crippen LogP contribution in [-0.4, -0.2) is 48.2 Å². The fourth-order valence-corrected chi connectivity index (χ4v) is 4.02. The fourth-order valence-electron chi connectivity index (χ4n) is 3.28. The van der Waals surface area contributed by atoms with Gasteiger partial charge in [-0.3, -0.25) is 4.79 Å². The highest BCUT2D eigenvalue weighted by molar-refractivity contribution is 8.00. The number of pyridine rings is 1. The molecule has 0 radical (unpaired) electrons. The van der Waals surface area contributed by atoms with Gasteiger partial charge in [0.1, 0.15) is 16.9 Å². The maximum atomic E-state index is 11.1. The largest absolute Gasteiger partial charge is 0.369 e. The number of primary amides is 1. The molecule has 1 fully saturated rings. The number of hydrogen-bond acceptors (Lipinski definition) is 6. The molecule has 2 aliphatic rings. The van der Waals surface area contributed by atoms with Crippen molar-refractivity contribution in [1.29, 1.82) is 5.26 Å². The SMILES string of the molecule is CN1CCc2c(C#N)c(SCC(N)=O)nc(N3CCCC3)c2C1. The third kappa shape index (κ3) is 3.28. The van der Waals surface area contributed by atoms with Gasteiger partial charge in [-0.1, -0.05) is 11.8 Å². The summed E-state index contributed by atoms with van der Waals surface area (Å²) >= 11 is 1.28. The lowest BCUT2D eigenvalue weighted by Gasteiger charge is -2.31.